The Bertz CT molecular complexity index is 915. The number of rotatable bonds is 39. The van der Waals surface area contributed by atoms with E-state index in [-0.39, 0.29) is 25.2 Å². The Morgan fingerprint density at radius 1 is 0.462 bits per heavy atom. The van der Waals surface area contributed by atoms with Crippen molar-refractivity contribution in [2.24, 2.45) is 0 Å². The van der Waals surface area contributed by atoms with Crippen molar-refractivity contribution >= 4 is 11.9 Å². The summed E-state index contributed by atoms with van der Waals surface area (Å²) in [4.78, 5) is 24.3. The maximum atomic E-state index is 12.2. The number of aliphatic hydroxyl groups is 1. The van der Waals surface area contributed by atoms with Crippen LogP contribution in [0.3, 0.4) is 0 Å². The number of carbonyl (C=O) groups is 2. The van der Waals surface area contributed by atoms with Crippen LogP contribution in [0.2, 0.25) is 0 Å². The molecule has 0 aromatic heterocycles. The molecule has 0 spiro atoms. The average Bonchev–Trinajstić information content (AvgIpc) is 3.15. The predicted molar refractivity (Wildman–Crippen MR) is 223 cm³/mol. The van der Waals surface area contributed by atoms with Crippen molar-refractivity contribution in [2.75, 3.05) is 13.2 Å². The highest BCUT2D eigenvalue weighted by Gasteiger charge is 2.16. The quantitative estimate of drug-likeness (QED) is 0.0388. The van der Waals surface area contributed by atoms with Crippen molar-refractivity contribution in [3.8, 4) is 0 Å². The van der Waals surface area contributed by atoms with Crippen LogP contribution in [0.5, 0.6) is 0 Å². The van der Waals surface area contributed by atoms with Gasteiger partial charge < -0.3 is 14.6 Å². The lowest BCUT2D eigenvalue weighted by atomic mass is 10.1. The molecule has 52 heavy (non-hydrogen) atoms. The van der Waals surface area contributed by atoms with Crippen molar-refractivity contribution in [1.82, 2.24) is 0 Å². The number of allylic oxidation sites excluding steroid dienone is 10. The number of aliphatic hydroxyl groups excluding tert-OH is 1. The second-order valence-corrected chi connectivity index (χ2v) is 14.4. The minimum absolute atomic E-state index is 0.0737. The van der Waals surface area contributed by atoms with Crippen molar-refractivity contribution in [3.05, 3.63) is 60.8 Å². The van der Waals surface area contributed by atoms with Gasteiger partial charge in [0.15, 0.2) is 6.10 Å². The third kappa shape index (κ3) is 40.4. The monoisotopic (exact) mass is 727 g/mol. The highest BCUT2D eigenvalue weighted by Crippen LogP contribution is 2.14. The molecule has 5 heteroatoms. The Kier molecular flexibility index (Phi) is 41.0. The van der Waals surface area contributed by atoms with Gasteiger partial charge in [-0.05, 0) is 77.0 Å². The fourth-order valence-electron chi connectivity index (χ4n) is 6.01. The van der Waals surface area contributed by atoms with Crippen LogP contribution in [0.15, 0.2) is 60.8 Å². The molecule has 0 bridgehead atoms. The molecule has 0 aliphatic rings. The van der Waals surface area contributed by atoms with Crippen LogP contribution in [0.25, 0.3) is 0 Å². The van der Waals surface area contributed by atoms with Crippen LogP contribution in [0.1, 0.15) is 206 Å². The topological polar surface area (TPSA) is 72.8 Å². The molecule has 1 atom stereocenters. The zero-order valence-electron chi connectivity index (χ0n) is 34.1. The zero-order valence-corrected chi connectivity index (χ0v) is 34.1. The summed E-state index contributed by atoms with van der Waals surface area (Å²) in [5.41, 5.74) is 0. The van der Waals surface area contributed by atoms with Gasteiger partial charge in [0.05, 0.1) is 6.61 Å². The van der Waals surface area contributed by atoms with Crippen LogP contribution >= 0.6 is 0 Å². The van der Waals surface area contributed by atoms with Gasteiger partial charge in [0, 0.05) is 12.8 Å². The molecule has 300 valence electrons. The first-order valence-corrected chi connectivity index (χ1v) is 21.8. The van der Waals surface area contributed by atoms with E-state index in [4.69, 9.17) is 9.47 Å². The van der Waals surface area contributed by atoms with Crippen molar-refractivity contribution in [3.63, 3.8) is 0 Å². The summed E-state index contributed by atoms with van der Waals surface area (Å²) < 4.78 is 10.6. The van der Waals surface area contributed by atoms with E-state index in [1.165, 1.54) is 109 Å². The first-order chi connectivity index (χ1) is 25.6. The van der Waals surface area contributed by atoms with E-state index >= 15 is 0 Å². The van der Waals surface area contributed by atoms with Gasteiger partial charge in [-0.25, -0.2) is 0 Å². The molecule has 0 aliphatic heterocycles. The normalized spacial score (nSPS) is 12.8. The lowest BCUT2D eigenvalue weighted by Crippen LogP contribution is -2.28. The first-order valence-electron chi connectivity index (χ1n) is 21.8. The summed E-state index contributed by atoms with van der Waals surface area (Å²) >= 11 is 0. The molecule has 0 amide bonds. The summed E-state index contributed by atoms with van der Waals surface area (Å²) in [5, 5.41) is 9.58. The second-order valence-electron chi connectivity index (χ2n) is 14.4. The summed E-state index contributed by atoms with van der Waals surface area (Å²) in [6.07, 6.45) is 55.7. The van der Waals surface area contributed by atoms with Crippen LogP contribution in [0.4, 0.5) is 0 Å². The SMILES string of the molecule is CC/C=C\C/C=C\C/C=C\CCCCCCCCCC(=O)OC(CO)COC(=O)CCCCCCCCCCC/C=C\C/C=C\CCCCCCC. The number of carbonyl (C=O) groups excluding carboxylic acids is 2. The molecule has 0 heterocycles. The molecule has 0 saturated carbocycles. The van der Waals surface area contributed by atoms with E-state index < -0.39 is 6.10 Å². The lowest BCUT2D eigenvalue weighted by molar-refractivity contribution is -0.161. The summed E-state index contributed by atoms with van der Waals surface area (Å²) in [5.74, 6) is -0.607. The highest BCUT2D eigenvalue weighted by molar-refractivity contribution is 5.70. The molecule has 1 unspecified atom stereocenters. The van der Waals surface area contributed by atoms with Gasteiger partial charge in [-0.1, -0.05) is 177 Å². The molecule has 1 N–H and O–H groups in total. The maximum absolute atomic E-state index is 12.2. The highest BCUT2D eigenvalue weighted by atomic mass is 16.6. The average molecular weight is 727 g/mol. The van der Waals surface area contributed by atoms with Crippen LogP contribution in [0, 0.1) is 0 Å². The van der Waals surface area contributed by atoms with Gasteiger partial charge >= 0.3 is 11.9 Å². The Morgan fingerprint density at radius 3 is 1.25 bits per heavy atom. The molecule has 0 aromatic carbocycles. The third-order valence-corrected chi connectivity index (χ3v) is 9.30. The first kappa shape index (κ1) is 49.6. The van der Waals surface area contributed by atoms with Gasteiger partial charge in [0.25, 0.3) is 0 Å². The van der Waals surface area contributed by atoms with Crippen LogP contribution in [-0.2, 0) is 19.1 Å². The Hall–Kier alpha value is -2.40. The number of ether oxygens (including phenoxy) is 2. The molecule has 0 radical (unpaired) electrons. The van der Waals surface area contributed by atoms with E-state index in [1.807, 2.05) is 0 Å². The molecule has 0 saturated heterocycles. The lowest BCUT2D eigenvalue weighted by Gasteiger charge is -2.15. The Labute approximate surface area is 321 Å². The standard InChI is InChI=1S/C47H82O5/c1-3-5-7-9-11-13-15-17-19-21-22-23-24-26-27-29-31-33-35-37-39-41-46(49)51-44-45(43-48)52-47(50)42-40-38-36-34-32-30-28-25-20-18-16-14-12-10-8-6-4-2/h6,8,12,14-15,17-18,20-22,45,48H,3-5,7,9-11,13,16,19,23-44H2,1-2H3/b8-6-,14-12-,17-15-,20-18-,22-21-. The van der Waals surface area contributed by atoms with Crippen LogP contribution in [-0.4, -0.2) is 36.4 Å². The van der Waals surface area contributed by atoms with Gasteiger partial charge in [-0.2, -0.15) is 0 Å². The van der Waals surface area contributed by atoms with E-state index in [0.29, 0.717) is 12.8 Å². The van der Waals surface area contributed by atoms with E-state index in [9.17, 15) is 14.7 Å². The van der Waals surface area contributed by atoms with Gasteiger partial charge in [0.2, 0.25) is 0 Å². The molecular weight excluding hydrogens is 645 g/mol. The summed E-state index contributed by atoms with van der Waals surface area (Å²) in [7, 11) is 0. The van der Waals surface area contributed by atoms with E-state index in [1.54, 1.807) is 0 Å². The van der Waals surface area contributed by atoms with Crippen molar-refractivity contribution < 1.29 is 24.2 Å². The third-order valence-electron chi connectivity index (χ3n) is 9.30. The fraction of sp³-hybridized carbons (Fsp3) is 0.745. The molecule has 0 aromatic rings. The van der Waals surface area contributed by atoms with Crippen LogP contribution < -0.4 is 0 Å². The second kappa shape index (κ2) is 43.0. The number of hydrogen-bond donors (Lipinski definition) is 1. The van der Waals surface area contributed by atoms with Gasteiger partial charge in [-0.3, -0.25) is 9.59 Å². The van der Waals surface area contributed by atoms with E-state index in [0.717, 1.165) is 70.6 Å². The largest absolute Gasteiger partial charge is 0.462 e. The Morgan fingerprint density at radius 2 is 0.827 bits per heavy atom. The zero-order chi connectivity index (χ0) is 37.8. The molecular formula is C47H82O5. The number of esters is 2. The number of hydrogen-bond acceptors (Lipinski definition) is 5. The number of unbranched alkanes of at least 4 members (excludes halogenated alkanes) is 21. The molecule has 0 fully saturated rings. The van der Waals surface area contributed by atoms with Gasteiger partial charge in [-0.15, -0.1) is 0 Å². The minimum Gasteiger partial charge on any atom is -0.462 e. The summed E-state index contributed by atoms with van der Waals surface area (Å²) in [6.45, 7) is 4.01. The Balaban J connectivity index is 3.56. The molecule has 5 nitrogen and oxygen atoms in total. The minimum atomic E-state index is -0.780. The maximum Gasteiger partial charge on any atom is 0.306 e. The predicted octanol–water partition coefficient (Wildman–Crippen LogP) is 14.0. The van der Waals surface area contributed by atoms with Crippen molar-refractivity contribution in [2.45, 2.75) is 213 Å². The van der Waals surface area contributed by atoms with Crippen molar-refractivity contribution in [1.29, 1.82) is 0 Å². The smallest absolute Gasteiger partial charge is 0.306 e. The fourth-order valence-corrected chi connectivity index (χ4v) is 6.01. The molecule has 0 aliphatic carbocycles. The van der Waals surface area contributed by atoms with Gasteiger partial charge in [0.1, 0.15) is 6.61 Å². The molecule has 0 rings (SSSR count). The summed E-state index contributed by atoms with van der Waals surface area (Å²) in [6, 6.07) is 0. The van der Waals surface area contributed by atoms with E-state index in [2.05, 4.69) is 74.6 Å².